The number of nitrogens with two attached hydrogens (primary N) is 1. The van der Waals surface area contributed by atoms with Gasteiger partial charge in [0.15, 0.2) is 17.7 Å². The molecule has 3 heterocycles. The molecule has 26 nitrogen and oxygen atoms in total. The van der Waals surface area contributed by atoms with Gasteiger partial charge in [0.05, 0.1) is 19.5 Å². The molecule has 1 aromatic carbocycles. The van der Waals surface area contributed by atoms with E-state index in [0.29, 0.717) is 11.3 Å². The molecule has 1 saturated heterocycles. The van der Waals surface area contributed by atoms with Gasteiger partial charge < -0.3 is 56.2 Å². The van der Waals surface area contributed by atoms with Gasteiger partial charge in [-0.05, 0) is 24.3 Å². The van der Waals surface area contributed by atoms with Crippen molar-refractivity contribution in [2.45, 2.75) is 57.8 Å². The average Bonchev–Trinajstić information content (AvgIpc) is 3.71. The lowest BCUT2D eigenvalue weighted by Crippen LogP contribution is -2.46. The molecule has 0 aliphatic carbocycles. The van der Waals surface area contributed by atoms with E-state index >= 15 is 0 Å². The summed E-state index contributed by atoms with van der Waals surface area (Å²) in [5, 5.41) is 28.7. The molecule has 3 aromatic rings. The van der Waals surface area contributed by atoms with Gasteiger partial charge in [-0.25, -0.2) is 28.6 Å². The Hall–Kier alpha value is -3.75. The number of nitrogen functional groups attached to an aromatic ring is 1. The highest BCUT2D eigenvalue weighted by molar-refractivity contribution is 8.14. The van der Waals surface area contributed by atoms with Crippen molar-refractivity contribution in [3.63, 3.8) is 0 Å². The summed E-state index contributed by atoms with van der Waals surface area (Å²) in [4.78, 5) is 99.3. The number of anilines is 2. The fourth-order valence-corrected chi connectivity index (χ4v) is 8.77. The van der Waals surface area contributed by atoms with Gasteiger partial charge in [0.2, 0.25) is 22.8 Å². The molecule has 0 bridgehead atoms. The fourth-order valence-electron chi connectivity index (χ4n) is 5.25. The summed E-state index contributed by atoms with van der Waals surface area (Å²) in [6, 6.07) is 6.26. The van der Waals surface area contributed by atoms with E-state index in [4.69, 9.17) is 19.5 Å². The van der Waals surface area contributed by atoms with Crippen LogP contribution in [0.4, 0.5) is 11.5 Å². The molecule has 1 fully saturated rings. The summed E-state index contributed by atoms with van der Waals surface area (Å²) in [5.41, 5.74) is 5.15. The molecule has 4 rings (SSSR count). The first-order valence-corrected chi connectivity index (χ1v) is 22.8. The van der Waals surface area contributed by atoms with Crippen molar-refractivity contribution >= 4 is 80.7 Å². The number of carbonyl (C=O) groups is 4. The Balaban J connectivity index is 1.20. The van der Waals surface area contributed by atoms with Crippen molar-refractivity contribution in [2.24, 2.45) is 5.41 Å². The number of thioether (sulfide) groups is 1. The van der Waals surface area contributed by atoms with Gasteiger partial charge in [-0.3, -0.25) is 37.3 Å². The fraction of sp³-hybridized carbons (Fsp3) is 0.500. The van der Waals surface area contributed by atoms with Crippen molar-refractivity contribution in [3.8, 4) is 0 Å². The van der Waals surface area contributed by atoms with Gasteiger partial charge in [-0.2, -0.15) is 4.31 Å². The Morgan fingerprint density at radius 3 is 2.32 bits per heavy atom. The number of phosphoric ester groups is 3. The first-order chi connectivity index (χ1) is 27.9. The van der Waals surface area contributed by atoms with Crippen LogP contribution in [0.15, 0.2) is 36.9 Å². The lowest BCUT2D eigenvalue weighted by Gasteiger charge is -2.30. The lowest BCUT2D eigenvalue weighted by molar-refractivity contribution is -0.137. The first kappa shape index (κ1) is 48.9. The molecule has 0 radical (unpaired) electrons. The Morgan fingerprint density at radius 1 is 1.00 bits per heavy atom. The van der Waals surface area contributed by atoms with Gasteiger partial charge in [0.1, 0.15) is 36.3 Å². The number of imidazole rings is 1. The standard InChI is InChI=1S/C30H43N8O18P3S/c1-16(39)37-18-6-4-17(5-7-18)29(44)60-11-10-32-20(40)8-9-33-27(43)24(42)30(2,3)13-53-59(50,51)56-58(48,49)52-12-19-23(55-57(45,46)47)22(41)28(54-19)38-15-36-21-25(31)34-14-35-26(21)38/h4-7,14-15,19,22-24,28,41-42H,8-13H2,1-3H3,(H,32,40)(H,33,43)(H,37,39)(H,48,49)(H,50,51)(H2,31,34,35)(H2,45,46,47). The van der Waals surface area contributed by atoms with E-state index in [1.165, 1.54) is 20.8 Å². The van der Waals surface area contributed by atoms with Crippen molar-refractivity contribution in [3.05, 3.63) is 42.5 Å². The number of nitrogens with one attached hydrogen (secondary N) is 3. The number of amides is 3. The molecular formula is C30H43N8O18P3S. The van der Waals surface area contributed by atoms with Crippen LogP contribution in [0.3, 0.4) is 0 Å². The average molecular weight is 929 g/mol. The second-order valence-electron chi connectivity index (χ2n) is 13.5. The summed E-state index contributed by atoms with van der Waals surface area (Å²) in [5.74, 6) is -1.56. The number of hydrogen-bond donors (Lipinski definition) is 10. The van der Waals surface area contributed by atoms with E-state index in [-0.39, 0.29) is 53.3 Å². The molecule has 7 atom stereocenters. The van der Waals surface area contributed by atoms with E-state index in [0.717, 1.165) is 29.0 Å². The number of nitrogens with zero attached hydrogens (tertiary/aromatic N) is 4. The van der Waals surface area contributed by atoms with Crippen LogP contribution in [0.1, 0.15) is 43.8 Å². The number of fused-ring (bicyclic) bond motifs is 1. The maximum absolute atomic E-state index is 12.7. The second kappa shape index (κ2) is 20.4. The molecule has 0 spiro atoms. The summed E-state index contributed by atoms with van der Waals surface area (Å²) in [7, 11) is -16.4. The number of aliphatic hydroxyl groups excluding tert-OH is 2. The molecule has 11 N–H and O–H groups in total. The number of aliphatic hydroxyl groups is 2. The number of ether oxygens (including phenoxy) is 1. The normalized spacial score (nSPS) is 20.8. The maximum Gasteiger partial charge on any atom is 0.481 e. The minimum atomic E-state index is -5.59. The van der Waals surface area contributed by atoms with Gasteiger partial charge in [0, 0.05) is 48.9 Å². The van der Waals surface area contributed by atoms with Crippen molar-refractivity contribution in [1.82, 2.24) is 30.2 Å². The summed E-state index contributed by atoms with van der Waals surface area (Å²) >= 11 is 0.956. The molecule has 3 amide bonds. The molecule has 0 saturated carbocycles. The van der Waals surface area contributed by atoms with Crippen LogP contribution in [-0.2, 0) is 50.7 Å². The smallest absolute Gasteiger partial charge is 0.386 e. The number of carbonyl (C=O) groups excluding carboxylic acids is 4. The number of benzene rings is 1. The van der Waals surface area contributed by atoms with E-state index < -0.39 is 84.6 Å². The third-order valence-electron chi connectivity index (χ3n) is 8.18. The summed E-state index contributed by atoms with van der Waals surface area (Å²) in [6.07, 6.45) is -7.04. The van der Waals surface area contributed by atoms with Crippen LogP contribution < -0.4 is 21.7 Å². The number of aromatic nitrogens is 4. The molecule has 332 valence electrons. The lowest BCUT2D eigenvalue weighted by atomic mass is 9.87. The minimum Gasteiger partial charge on any atom is -0.386 e. The predicted octanol–water partition coefficient (Wildman–Crippen LogP) is -0.0631. The van der Waals surface area contributed by atoms with E-state index in [1.54, 1.807) is 24.3 Å². The summed E-state index contributed by atoms with van der Waals surface area (Å²) in [6.45, 7) is 1.66. The van der Waals surface area contributed by atoms with Crippen molar-refractivity contribution in [2.75, 3.05) is 43.1 Å². The predicted molar refractivity (Wildman–Crippen MR) is 207 cm³/mol. The minimum absolute atomic E-state index is 0.0227. The summed E-state index contributed by atoms with van der Waals surface area (Å²) < 4.78 is 62.2. The monoisotopic (exact) mass is 928 g/mol. The van der Waals surface area contributed by atoms with Crippen LogP contribution in [0, 0.1) is 5.41 Å². The highest BCUT2D eigenvalue weighted by Gasteiger charge is 2.50. The quantitative estimate of drug-likeness (QED) is 0.0494. The largest absolute Gasteiger partial charge is 0.481 e. The third-order valence-corrected chi connectivity index (χ3v) is 12.2. The molecule has 1 aliphatic heterocycles. The highest BCUT2D eigenvalue weighted by Crippen LogP contribution is 2.61. The van der Waals surface area contributed by atoms with Crippen LogP contribution in [0.2, 0.25) is 0 Å². The SMILES string of the molecule is CC(=O)Nc1ccc(C(=O)SCCNC(=O)CCNC(=O)C(O)C(C)(C)COP(=O)(O)OP(=O)(O)OCC2OC(n3cnc4c(N)ncnc43)C(O)C2OP(=O)(O)O)cc1. The van der Waals surface area contributed by atoms with Crippen molar-refractivity contribution in [1.29, 1.82) is 0 Å². The molecule has 7 unspecified atom stereocenters. The molecule has 30 heteroatoms. The number of hydrogen-bond acceptors (Lipinski definition) is 19. The van der Waals surface area contributed by atoms with E-state index in [2.05, 4.69) is 39.7 Å². The van der Waals surface area contributed by atoms with Gasteiger partial charge in [-0.1, -0.05) is 25.6 Å². The van der Waals surface area contributed by atoms with Gasteiger partial charge in [-0.15, -0.1) is 0 Å². The van der Waals surface area contributed by atoms with Gasteiger partial charge in [0.25, 0.3) is 0 Å². The third kappa shape index (κ3) is 14.2. The van der Waals surface area contributed by atoms with Crippen LogP contribution in [0.25, 0.3) is 11.2 Å². The van der Waals surface area contributed by atoms with Crippen LogP contribution in [-0.4, -0.2) is 129 Å². The van der Waals surface area contributed by atoms with E-state index in [1.807, 2.05) is 0 Å². The zero-order chi connectivity index (χ0) is 44.6. The highest BCUT2D eigenvalue weighted by atomic mass is 32.2. The number of rotatable bonds is 21. The Labute approximate surface area is 344 Å². The van der Waals surface area contributed by atoms with Gasteiger partial charge >= 0.3 is 23.5 Å². The number of phosphoric acid groups is 3. The zero-order valence-electron chi connectivity index (χ0n) is 31.8. The Kier molecular flexibility index (Phi) is 16.6. The topological polar surface area (TPSA) is 393 Å². The Bertz CT molecular complexity index is 2180. The molecule has 2 aromatic heterocycles. The zero-order valence-corrected chi connectivity index (χ0v) is 35.3. The van der Waals surface area contributed by atoms with Crippen molar-refractivity contribution < 1.29 is 85.3 Å². The Morgan fingerprint density at radius 2 is 1.67 bits per heavy atom. The molecule has 1 aliphatic rings. The van der Waals surface area contributed by atoms with Crippen LogP contribution in [0.5, 0.6) is 0 Å². The maximum atomic E-state index is 12.7. The van der Waals surface area contributed by atoms with E-state index in [9.17, 15) is 62.7 Å². The molecule has 60 heavy (non-hydrogen) atoms. The first-order valence-electron chi connectivity index (χ1n) is 17.3. The van der Waals surface area contributed by atoms with Crippen LogP contribution >= 0.6 is 35.2 Å². The molecular weight excluding hydrogens is 885 g/mol. The second-order valence-corrected chi connectivity index (χ2v) is 18.8.